The Morgan fingerprint density at radius 2 is 1.90 bits per heavy atom. The summed E-state index contributed by atoms with van der Waals surface area (Å²) < 4.78 is 0. The number of pyridine rings is 1. The fourth-order valence-electron chi connectivity index (χ4n) is 2.47. The van der Waals surface area contributed by atoms with Gasteiger partial charge in [0.2, 0.25) is 0 Å². The first-order valence-electron chi connectivity index (χ1n) is 6.50. The Balaban J connectivity index is 1.99. The number of rotatable bonds is 2. The third-order valence-corrected chi connectivity index (χ3v) is 3.76. The number of nitrogens with two attached hydrogens (primary N) is 1. The van der Waals surface area contributed by atoms with Crippen molar-refractivity contribution in [3.8, 4) is 0 Å². The molecule has 2 heterocycles. The molecule has 1 aromatic carbocycles. The summed E-state index contributed by atoms with van der Waals surface area (Å²) in [4.78, 5) is 9.19. The maximum absolute atomic E-state index is 5.59. The Kier molecular flexibility index (Phi) is 3.28. The van der Waals surface area contributed by atoms with Gasteiger partial charge in [0.05, 0.1) is 29.0 Å². The average Bonchev–Trinajstić information content (AvgIpc) is 2.48. The maximum Gasteiger partial charge on any atom is 0.122 e. The van der Waals surface area contributed by atoms with Crippen molar-refractivity contribution in [2.75, 3.05) is 29.9 Å². The monoisotopic (exact) mass is 284 g/mol. The van der Waals surface area contributed by atoms with Crippen LogP contribution >= 0.6 is 12.2 Å². The quantitative estimate of drug-likeness (QED) is 0.857. The zero-order valence-corrected chi connectivity index (χ0v) is 12.1. The fourth-order valence-corrected chi connectivity index (χ4v) is 2.59. The second-order valence-corrected chi connectivity index (χ2v) is 5.27. The predicted molar refractivity (Wildman–Crippen MR) is 86.8 cm³/mol. The summed E-state index contributed by atoms with van der Waals surface area (Å²) in [7, 11) is 2.12. The predicted octanol–water partition coefficient (Wildman–Crippen LogP) is 2.30. The van der Waals surface area contributed by atoms with E-state index in [0.717, 1.165) is 18.8 Å². The number of likely N-dealkylation sites (N-methyl/N-ethyl adjacent to an activating group) is 1. The van der Waals surface area contributed by atoms with Crippen LogP contribution in [0.1, 0.15) is 5.69 Å². The molecule has 2 N–H and O–H groups in total. The van der Waals surface area contributed by atoms with Gasteiger partial charge in [0.15, 0.2) is 0 Å². The summed E-state index contributed by atoms with van der Waals surface area (Å²) in [6, 6.07) is 12.3. The van der Waals surface area contributed by atoms with Crippen molar-refractivity contribution in [1.82, 2.24) is 4.98 Å². The van der Waals surface area contributed by atoms with Gasteiger partial charge in [0.1, 0.15) is 4.99 Å². The van der Waals surface area contributed by atoms with Gasteiger partial charge in [0.25, 0.3) is 0 Å². The molecule has 0 fully saturated rings. The first-order valence-corrected chi connectivity index (χ1v) is 6.91. The van der Waals surface area contributed by atoms with E-state index in [1.807, 2.05) is 18.3 Å². The van der Waals surface area contributed by atoms with Gasteiger partial charge in [-0.1, -0.05) is 24.4 Å². The van der Waals surface area contributed by atoms with Crippen LogP contribution in [0, 0.1) is 0 Å². The molecule has 1 aliphatic heterocycles. The number of thiocarbonyl (C=S) groups is 1. The largest absolute Gasteiger partial charge is 0.388 e. The van der Waals surface area contributed by atoms with Gasteiger partial charge in [0, 0.05) is 20.1 Å². The zero-order valence-electron chi connectivity index (χ0n) is 11.3. The molecule has 0 amide bonds. The number of aromatic nitrogens is 1. The average molecular weight is 284 g/mol. The molecule has 102 valence electrons. The highest BCUT2D eigenvalue weighted by atomic mass is 32.1. The van der Waals surface area contributed by atoms with Crippen LogP contribution in [0.5, 0.6) is 0 Å². The standard InChI is InChI=1S/C15H16N4S/c1-18-8-9-19(14-5-3-2-4-13(14)18)11-6-7-12(15(16)20)17-10-11/h2-7,10H,8-9H2,1H3,(H2,16,20). The molecule has 5 heteroatoms. The topological polar surface area (TPSA) is 45.4 Å². The molecule has 0 saturated heterocycles. The van der Waals surface area contributed by atoms with Crippen LogP contribution in [-0.4, -0.2) is 30.1 Å². The number of nitrogens with zero attached hydrogens (tertiary/aromatic N) is 3. The van der Waals surface area contributed by atoms with Crippen LogP contribution in [0.3, 0.4) is 0 Å². The van der Waals surface area contributed by atoms with E-state index in [1.54, 1.807) is 0 Å². The van der Waals surface area contributed by atoms with Gasteiger partial charge in [-0.15, -0.1) is 0 Å². The van der Waals surface area contributed by atoms with Crippen molar-refractivity contribution < 1.29 is 0 Å². The third-order valence-electron chi connectivity index (χ3n) is 3.55. The number of benzene rings is 1. The van der Waals surface area contributed by atoms with Gasteiger partial charge in [-0.3, -0.25) is 4.98 Å². The number of fused-ring (bicyclic) bond motifs is 1. The first-order chi connectivity index (χ1) is 9.66. The molecule has 0 saturated carbocycles. The van der Waals surface area contributed by atoms with Gasteiger partial charge >= 0.3 is 0 Å². The molecule has 0 radical (unpaired) electrons. The molecule has 0 spiro atoms. The SMILES string of the molecule is CN1CCN(c2ccc(C(N)=S)nc2)c2ccccc21. The molecule has 1 aliphatic rings. The van der Waals surface area contributed by atoms with Gasteiger partial charge in [-0.2, -0.15) is 0 Å². The van der Waals surface area contributed by atoms with Crippen molar-refractivity contribution in [3.05, 3.63) is 48.3 Å². The third kappa shape index (κ3) is 2.20. The summed E-state index contributed by atoms with van der Waals surface area (Å²) >= 11 is 4.94. The molecule has 1 aromatic heterocycles. The molecule has 0 bridgehead atoms. The molecule has 4 nitrogen and oxygen atoms in total. The lowest BCUT2D eigenvalue weighted by molar-refractivity contribution is 0.820. The van der Waals surface area contributed by atoms with E-state index in [1.165, 1.54) is 11.4 Å². The second kappa shape index (κ2) is 5.09. The molecule has 0 unspecified atom stereocenters. The zero-order chi connectivity index (χ0) is 14.1. The van der Waals surface area contributed by atoms with Crippen LogP contribution in [0.15, 0.2) is 42.6 Å². The highest BCUT2D eigenvalue weighted by Gasteiger charge is 2.21. The summed E-state index contributed by atoms with van der Waals surface area (Å²) in [5.74, 6) is 0. The van der Waals surface area contributed by atoms with Gasteiger partial charge < -0.3 is 15.5 Å². The summed E-state index contributed by atoms with van der Waals surface area (Å²) in [5.41, 5.74) is 9.74. The van der Waals surface area contributed by atoms with Gasteiger partial charge in [-0.05, 0) is 24.3 Å². The van der Waals surface area contributed by atoms with E-state index >= 15 is 0 Å². The summed E-state index contributed by atoms with van der Waals surface area (Å²) in [5, 5.41) is 0. The number of anilines is 3. The Hall–Kier alpha value is -2.14. The van der Waals surface area contributed by atoms with Crippen molar-refractivity contribution in [2.24, 2.45) is 5.73 Å². The van der Waals surface area contributed by atoms with E-state index in [4.69, 9.17) is 18.0 Å². The highest BCUT2D eigenvalue weighted by Crippen LogP contribution is 2.36. The summed E-state index contributed by atoms with van der Waals surface area (Å²) in [6.45, 7) is 1.91. The van der Waals surface area contributed by atoms with E-state index in [2.05, 4.69) is 46.1 Å². The van der Waals surface area contributed by atoms with Crippen molar-refractivity contribution in [2.45, 2.75) is 0 Å². The molecule has 20 heavy (non-hydrogen) atoms. The molecular formula is C15H16N4S. The minimum absolute atomic E-state index is 0.329. The lowest BCUT2D eigenvalue weighted by Crippen LogP contribution is -2.36. The smallest absolute Gasteiger partial charge is 0.122 e. The minimum Gasteiger partial charge on any atom is -0.388 e. The van der Waals surface area contributed by atoms with Crippen LogP contribution in [0.4, 0.5) is 17.1 Å². The Bertz CT molecular complexity index is 639. The normalized spacial score (nSPS) is 14.1. The second-order valence-electron chi connectivity index (χ2n) is 4.83. The molecule has 2 aromatic rings. The van der Waals surface area contributed by atoms with Crippen LogP contribution in [0.25, 0.3) is 0 Å². The lowest BCUT2D eigenvalue weighted by atomic mass is 10.1. The first kappa shape index (κ1) is 12.9. The summed E-state index contributed by atoms with van der Waals surface area (Å²) in [6.07, 6.45) is 1.83. The highest BCUT2D eigenvalue weighted by molar-refractivity contribution is 7.80. The Morgan fingerprint density at radius 3 is 2.55 bits per heavy atom. The van der Waals surface area contributed by atoms with Crippen molar-refractivity contribution >= 4 is 34.3 Å². The van der Waals surface area contributed by atoms with Crippen LogP contribution in [-0.2, 0) is 0 Å². The molecular weight excluding hydrogens is 268 g/mol. The van der Waals surface area contributed by atoms with E-state index in [9.17, 15) is 0 Å². The van der Waals surface area contributed by atoms with Gasteiger partial charge in [-0.25, -0.2) is 0 Å². The van der Waals surface area contributed by atoms with Crippen LogP contribution < -0.4 is 15.5 Å². The van der Waals surface area contributed by atoms with Crippen molar-refractivity contribution in [3.63, 3.8) is 0 Å². The number of hydrogen-bond acceptors (Lipinski definition) is 4. The lowest BCUT2D eigenvalue weighted by Gasteiger charge is -2.36. The van der Waals surface area contributed by atoms with Crippen molar-refractivity contribution in [1.29, 1.82) is 0 Å². The van der Waals surface area contributed by atoms with E-state index < -0.39 is 0 Å². The van der Waals surface area contributed by atoms with Crippen LogP contribution in [0.2, 0.25) is 0 Å². The molecule has 0 aliphatic carbocycles. The number of para-hydroxylation sites is 2. The Labute approximate surface area is 123 Å². The molecule has 0 atom stereocenters. The minimum atomic E-state index is 0.329. The fraction of sp³-hybridized carbons (Fsp3) is 0.200. The van der Waals surface area contributed by atoms with E-state index in [-0.39, 0.29) is 0 Å². The molecule has 3 rings (SSSR count). The maximum atomic E-state index is 5.59. The Morgan fingerprint density at radius 1 is 1.15 bits per heavy atom. The number of hydrogen-bond donors (Lipinski definition) is 1. The van der Waals surface area contributed by atoms with E-state index in [0.29, 0.717) is 10.7 Å².